The van der Waals surface area contributed by atoms with E-state index in [4.69, 9.17) is 18.9 Å². The molecule has 0 N–H and O–H groups in total. The van der Waals surface area contributed by atoms with Crippen LogP contribution in [-0.4, -0.2) is 25.0 Å². The third-order valence-electron chi connectivity index (χ3n) is 4.85. The van der Waals surface area contributed by atoms with E-state index in [1.807, 2.05) is 0 Å². The van der Waals surface area contributed by atoms with Crippen LogP contribution < -0.4 is 18.9 Å². The maximum atomic E-state index is 15.2. The number of esters is 3. The Morgan fingerprint density at radius 1 is 0.639 bits per heavy atom. The molecule has 36 heavy (non-hydrogen) atoms. The van der Waals surface area contributed by atoms with Gasteiger partial charge in [0.05, 0.1) is 7.11 Å². The van der Waals surface area contributed by atoms with Gasteiger partial charge in [-0.05, 0) is 47.0 Å². The topological polar surface area (TPSA) is 88.1 Å². The van der Waals surface area contributed by atoms with Crippen LogP contribution >= 0.6 is 0 Å². The molecule has 0 amide bonds. The molecule has 3 aromatic carbocycles. The molecule has 0 unspecified atom stereocenters. The van der Waals surface area contributed by atoms with Gasteiger partial charge in [0.1, 0.15) is 5.82 Å². The molecule has 0 aliphatic heterocycles. The zero-order chi connectivity index (χ0) is 26.2. The SMILES string of the molecule is C=CC(=O)Oc1cc(-c2ccc(-c3ccc(OC(=O)C=C)c(OC(=O)C=C)c3)c(F)c2)ccc1OC. The Morgan fingerprint density at radius 2 is 1.08 bits per heavy atom. The van der Waals surface area contributed by atoms with Crippen molar-refractivity contribution in [1.29, 1.82) is 0 Å². The molecular formula is C28H21FO7. The first kappa shape index (κ1) is 25.6. The molecule has 0 spiro atoms. The van der Waals surface area contributed by atoms with Crippen molar-refractivity contribution in [3.05, 3.63) is 98.4 Å². The van der Waals surface area contributed by atoms with E-state index in [9.17, 15) is 14.4 Å². The number of hydrogen-bond donors (Lipinski definition) is 0. The molecule has 3 aromatic rings. The second kappa shape index (κ2) is 11.4. The van der Waals surface area contributed by atoms with E-state index in [1.165, 1.54) is 37.4 Å². The minimum atomic E-state index is -0.786. The van der Waals surface area contributed by atoms with Crippen LogP contribution in [0.25, 0.3) is 22.3 Å². The summed E-state index contributed by atoms with van der Waals surface area (Å²) in [7, 11) is 1.43. The lowest BCUT2D eigenvalue weighted by Crippen LogP contribution is -2.08. The Bertz CT molecular complexity index is 1370. The first-order chi connectivity index (χ1) is 17.3. The van der Waals surface area contributed by atoms with E-state index in [0.29, 0.717) is 22.4 Å². The van der Waals surface area contributed by atoms with Crippen molar-refractivity contribution in [2.45, 2.75) is 0 Å². The van der Waals surface area contributed by atoms with Crippen LogP contribution in [-0.2, 0) is 14.4 Å². The number of rotatable bonds is 9. The number of halogens is 1. The van der Waals surface area contributed by atoms with Gasteiger partial charge >= 0.3 is 17.9 Å². The zero-order valence-corrected chi connectivity index (χ0v) is 19.3. The second-order valence-corrected chi connectivity index (χ2v) is 7.10. The third-order valence-corrected chi connectivity index (χ3v) is 4.85. The maximum absolute atomic E-state index is 15.2. The fourth-order valence-corrected chi connectivity index (χ4v) is 3.15. The average molecular weight is 488 g/mol. The third kappa shape index (κ3) is 5.92. The molecular weight excluding hydrogens is 467 g/mol. The van der Waals surface area contributed by atoms with E-state index in [1.54, 1.807) is 24.3 Å². The van der Waals surface area contributed by atoms with Crippen LogP contribution in [0.5, 0.6) is 23.0 Å². The van der Waals surface area contributed by atoms with Crippen molar-refractivity contribution >= 4 is 17.9 Å². The Kier molecular flexibility index (Phi) is 8.14. The molecule has 0 saturated heterocycles. The predicted molar refractivity (Wildman–Crippen MR) is 131 cm³/mol. The maximum Gasteiger partial charge on any atom is 0.335 e. The standard InChI is InChI=1S/C28H21FO7/c1-5-26(30)34-23-13-10-19(16-25(23)36-28(32)7-3)20-11-8-17(14-21(20)29)18-9-12-22(33-4)24(15-18)35-27(31)6-2/h5-16H,1-3H2,4H3. The van der Waals surface area contributed by atoms with Crippen LogP contribution in [0.15, 0.2) is 92.6 Å². The second-order valence-electron chi connectivity index (χ2n) is 7.10. The highest BCUT2D eigenvalue weighted by Gasteiger charge is 2.16. The summed E-state index contributed by atoms with van der Waals surface area (Å²) < 4.78 is 35.9. The van der Waals surface area contributed by atoms with Gasteiger partial charge in [-0.25, -0.2) is 18.8 Å². The van der Waals surface area contributed by atoms with Gasteiger partial charge in [-0.15, -0.1) is 0 Å². The first-order valence-electron chi connectivity index (χ1n) is 10.4. The van der Waals surface area contributed by atoms with Crippen molar-refractivity contribution in [2.24, 2.45) is 0 Å². The van der Waals surface area contributed by atoms with Gasteiger partial charge in [-0.2, -0.15) is 0 Å². The summed E-state index contributed by atoms with van der Waals surface area (Å²) in [5.74, 6) is -2.45. The lowest BCUT2D eigenvalue weighted by atomic mass is 9.99. The smallest absolute Gasteiger partial charge is 0.335 e. The number of benzene rings is 3. The summed E-state index contributed by atoms with van der Waals surface area (Å²) in [6, 6.07) is 13.6. The van der Waals surface area contributed by atoms with E-state index < -0.39 is 23.7 Å². The molecule has 8 heteroatoms. The van der Waals surface area contributed by atoms with Gasteiger partial charge in [0.25, 0.3) is 0 Å². The van der Waals surface area contributed by atoms with E-state index >= 15 is 4.39 Å². The zero-order valence-electron chi connectivity index (χ0n) is 19.3. The first-order valence-corrected chi connectivity index (χ1v) is 10.4. The number of hydrogen-bond acceptors (Lipinski definition) is 7. The summed E-state index contributed by atoms with van der Waals surface area (Å²) in [6.07, 6.45) is 2.91. The number of carbonyl (C=O) groups excluding carboxylic acids is 3. The fourth-order valence-electron chi connectivity index (χ4n) is 3.15. The Labute approximate surface area is 206 Å². The van der Waals surface area contributed by atoms with E-state index in [0.717, 1.165) is 18.2 Å². The van der Waals surface area contributed by atoms with Crippen LogP contribution in [0.2, 0.25) is 0 Å². The minimum absolute atomic E-state index is 0.0456. The summed E-state index contributed by atoms with van der Waals surface area (Å²) in [4.78, 5) is 35.0. The molecule has 0 atom stereocenters. The highest BCUT2D eigenvalue weighted by Crippen LogP contribution is 2.37. The van der Waals surface area contributed by atoms with Gasteiger partial charge < -0.3 is 18.9 Å². The molecule has 0 fully saturated rings. The molecule has 0 aliphatic rings. The molecule has 0 bridgehead atoms. The van der Waals surface area contributed by atoms with Crippen molar-refractivity contribution in [1.82, 2.24) is 0 Å². The van der Waals surface area contributed by atoms with Crippen LogP contribution in [0.4, 0.5) is 4.39 Å². The van der Waals surface area contributed by atoms with Crippen LogP contribution in [0.1, 0.15) is 0 Å². The number of carbonyl (C=O) groups is 3. The number of methoxy groups -OCH3 is 1. The highest BCUT2D eigenvalue weighted by molar-refractivity contribution is 5.87. The molecule has 0 radical (unpaired) electrons. The van der Waals surface area contributed by atoms with Gasteiger partial charge in [-0.1, -0.05) is 44.0 Å². The van der Waals surface area contributed by atoms with Crippen LogP contribution in [0.3, 0.4) is 0 Å². The summed E-state index contributed by atoms with van der Waals surface area (Å²) in [6.45, 7) is 10.0. The van der Waals surface area contributed by atoms with E-state index in [2.05, 4.69) is 19.7 Å². The highest BCUT2D eigenvalue weighted by atomic mass is 19.1. The average Bonchev–Trinajstić information content (AvgIpc) is 2.89. The number of ether oxygens (including phenoxy) is 4. The van der Waals surface area contributed by atoms with Gasteiger partial charge in [0.15, 0.2) is 23.0 Å². The fraction of sp³-hybridized carbons (Fsp3) is 0.0357. The van der Waals surface area contributed by atoms with Crippen molar-refractivity contribution in [3.63, 3.8) is 0 Å². The lowest BCUT2D eigenvalue weighted by Gasteiger charge is -2.13. The summed E-state index contributed by atoms with van der Waals surface area (Å²) in [5, 5.41) is 0. The Hall–Kier alpha value is -4.98. The van der Waals surface area contributed by atoms with Crippen molar-refractivity contribution < 1.29 is 37.7 Å². The summed E-state index contributed by atoms with van der Waals surface area (Å²) >= 11 is 0. The molecule has 0 aliphatic carbocycles. The van der Waals surface area contributed by atoms with Crippen molar-refractivity contribution in [2.75, 3.05) is 7.11 Å². The quantitative estimate of drug-likeness (QED) is 0.225. The Balaban J connectivity index is 2.00. The lowest BCUT2D eigenvalue weighted by molar-refractivity contribution is -0.131. The largest absolute Gasteiger partial charge is 0.493 e. The van der Waals surface area contributed by atoms with Crippen molar-refractivity contribution in [3.8, 4) is 45.3 Å². The molecule has 3 rings (SSSR count). The minimum Gasteiger partial charge on any atom is -0.493 e. The van der Waals surface area contributed by atoms with E-state index in [-0.39, 0.29) is 22.8 Å². The molecule has 0 saturated carbocycles. The molecule has 0 aromatic heterocycles. The monoisotopic (exact) mass is 488 g/mol. The predicted octanol–water partition coefficient (Wildman–Crippen LogP) is 5.44. The molecule has 0 heterocycles. The molecule has 182 valence electrons. The van der Waals surface area contributed by atoms with Gasteiger partial charge in [-0.3, -0.25) is 0 Å². The molecule has 7 nitrogen and oxygen atoms in total. The van der Waals surface area contributed by atoms with Gasteiger partial charge in [0.2, 0.25) is 0 Å². The summed E-state index contributed by atoms with van der Waals surface area (Å²) in [5.41, 5.74) is 1.63. The van der Waals surface area contributed by atoms with Crippen LogP contribution in [0, 0.1) is 5.82 Å². The Morgan fingerprint density at radius 3 is 1.64 bits per heavy atom. The van der Waals surface area contributed by atoms with Gasteiger partial charge in [0, 0.05) is 23.8 Å². The normalized spacial score (nSPS) is 10.1.